The summed E-state index contributed by atoms with van der Waals surface area (Å²) >= 11 is 1.63. The van der Waals surface area contributed by atoms with E-state index < -0.39 is 0 Å². The Kier molecular flexibility index (Phi) is 4.73. The van der Waals surface area contributed by atoms with Gasteiger partial charge in [-0.15, -0.1) is 5.10 Å². The number of benzene rings is 1. The van der Waals surface area contributed by atoms with E-state index in [1.807, 2.05) is 24.3 Å². The fourth-order valence-electron chi connectivity index (χ4n) is 1.60. The van der Waals surface area contributed by atoms with Crippen molar-refractivity contribution in [1.29, 1.82) is 0 Å². The summed E-state index contributed by atoms with van der Waals surface area (Å²) in [4.78, 5) is 11.1. The molecule has 0 aliphatic rings. The minimum Gasteiger partial charge on any atom is -0.326 e. The van der Waals surface area contributed by atoms with Gasteiger partial charge in [0.15, 0.2) is 0 Å². The smallest absolute Gasteiger partial charge is 0.221 e. The average molecular weight is 291 g/mol. The van der Waals surface area contributed by atoms with Gasteiger partial charge in [0.1, 0.15) is 0 Å². The topological polar surface area (TPSA) is 72.7 Å². The van der Waals surface area contributed by atoms with E-state index >= 15 is 0 Å². The number of nitrogens with one attached hydrogen (secondary N) is 1. The van der Waals surface area contributed by atoms with Crippen molar-refractivity contribution in [3.63, 3.8) is 0 Å². The van der Waals surface area contributed by atoms with Crippen molar-refractivity contribution < 1.29 is 4.79 Å². The van der Waals surface area contributed by atoms with Crippen LogP contribution in [0.2, 0.25) is 0 Å². The zero-order valence-electron chi connectivity index (χ0n) is 11.7. The zero-order valence-corrected chi connectivity index (χ0v) is 12.5. The monoisotopic (exact) mass is 291 g/mol. The number of carbonyl (C=O) groups is 1. The molecular weight excluding hydrogens is 274 g/mol. The molecule has 20 heavy (non-hydrogen) atoms. The van der Waals surface area contributed by atoms with E-state index in [0.717, 1.165) is 23.0 Å². The van der Waals surface area contributed by atoms with Crippen LogP contribution in [0.4, 0.5) is 5.69 Å². The Labute approximate surface area is 121 Å². The van der Waals surface area contributed by atoms with Gasteiger partial charge in [0.25, 0.3) is 0 Å². The highest BCUT2D eigenvalue weighted by Crippen LogP contribution is 2.25. The van der Waals surface area contributed by atoms with E-state index in [9.17, 15) is 4.79 Å². The lowest BCUT2D eigenvalue weighted by Gasteiger charge is -2.09. The SMILES string of the molecule is CCC(C)Sc1nnnn1-c1cccc(NC(C)=O)c1. The summed E-state index contributed by atoms with van der Waals surface area (Å²) in [6, 6.07) is 7.44. The molecule has 2 rings (SSSR count). The van der Waals surface area contributed by atoms with E-state index in [2.05, 4.69) is 34.7 Å². The van der Waals surface area contributed by atoms with E-state index in [-0.39, 0.29) is 5.91 Å². The van der Waals surface area contributed by atoms with Crippen molar-refractivity contribution in [2.75, 3.05) is 5.32 Å². The summed E-state index contributed by atoms with van der Waals surface area (Å²) in [6.07, 6.45) is 1.05. The maximum Gasteiger partial charge on any atom is 0.221 e. The summed E-state index contributed by atoms with van der Waals surface area (Å²) in [7, 11) is 0. The molecule has 106 valence electrons. The van der Waals surface area contributed by atoms with Crippen LogP contribution < -0.4 is 5.32 Å². The number of carbonyl (C=O) groups excluding carboxylic acids is 1. The average Bonchev–Trinajstić information content (AvgIpc) is 2.86. The molecule has 0 saturated carbocycles. The predicted molar refractivity (Wildman–Crippen MR) is 79.1 cm³/mol. The quantitative estimate of drug-likeness (QED) is 0.857. The summed E-state index contributed by atoms with van der Waals surface area (Å²) in [5.41, 5.74) is 1.55. The van der Waals surface area contributed by atoms with E-state index in [4.69, 9.17) is 0 Å². The lowest BCUT2D eigenvalue weighted by Crippen LogP contribution is -2.07. The molecule has 1 amide bonds. The van der Waals surface area contributed by atoms with Gasteiger partial charge in [0, 0.05) is 17.9 Å². The Morgan fingerprint density at radius 3 is 3.00 bits per heavy atom. The molecule has 0 aliphatic carbocycles. The first kappa shape index (κ1) is 14.5. The van der Waals surface area contributed by atoms with Gasteiger partial charge < -0.3 is 5.32 Å². The van der Waals surface area contributed by atoms with Gasteiger partial charge >= 0.3 is 0 Å². The first-order valence-electron chi connectivity index (χ1n) is 6.43. The standard InChI is InChI=1S/C13H17N5OS/c1-4-9(2)20-13-15-16-17-18(13)12-7-5-6-11(8-12)14-10(3)19/h5-9H,4H2,1-3H3,(H,14,19). The Bertz CT molecular complexity index is 598. The van der Waals surface area contributed by atoms with Crippen LogP contribution in [0, 0.1) is 0 Å². The molecule has 0 spiro atoms. The van der Waals surface area contributed by atoms with Gasteiger partial charge in [-0.2, -0.15) is 4.68 Å². The number of hydrogen-bond acceptors (Lipinski definition) is 5. The number of rotatable bonds is 5. The molecule has 2 aromatic rings. The number of hydrogen-bond donors (Lipinski definition) is 1. The summed E-state index contributed by atoms with van der Waals surface area (Å²) in [5.74, 6) is -0.104. The van der Waals surface area contributed by atoms with Crippen LogP contribution in [0.15, 0.2) is 29.4 Å². The summed E-state index contributed by atoms with van der Waals surface area (Å²) < 4.78 is 1.68. The third kappa shape index (κ3) is 3.57. The molecule has 0 fully saturated rings. The Morgan fingerprint density at radius 2 is 2.30 bits per heavy atom. The van der Waals surface area contributed by atoms with Gasteiger partial charge in [-0.25, -0.2) is 0 Å². The number of thioether (sulfide) groups is 1. The number of nitrogens with zero attached hydrogens (tertiary/aromatic N) is 4. The van der Waals surface area contributed by atoms with Crippen LogP contribution in [-0.2, 0) is 4.79 Å². The Hall–Kier alpha value is -1.89. The number of anilines is 1. The van der Waals surface area contributed by atoms with Crippen molar-refractivity contribution in [1.82, 2.24) is 20.2 Å². The van der Waals surface area contributed by atoms with E-state index in [1.54, 1.807) is 16.4 Å². The molecule has 1 unspecified atom stereocenters. The molecular formula is C13H17N5OS. The molecule has 1 aromatic carbocycles. The zero-order chi connectivity index (χ0) is 14.5. The number of tetrazole rings is 1. The highest BCUT2D eigenvalue weighted by molar-refractivity contribution is 7.99. The molecule has 7 heteroatoms. The van der Waals surface area contributed by atoms with Crippen molar-refractivity contribution in [3.8, 4) is 5.69 Å². The molecule has 0 radical (unpaired) electrons. The van der Waals surface area contributed by atoms with Crippen LogP contribution in [0.3, 0.4) is 0 Å². The number of aromatic nitrogens is 4. The lowest BCUT2D eigenvalue weighted by molar-refractivity contribution is -0.114. The molecule has 1 atom stereocenters. The van der Waals surface area contributed by atoms with Crippen LogP contribution in [-0.4, -0.2) is 31.4 Å². The summed E-state index contributed by atoms with van der Waals surface area (Å²) in [6.45, 7) is 5.74. The molecule has 1 heterocycles. The maximum atomic E-state index is 11.1. The second-order valence-corrected chi connectivity index (χ2v) is 5.85. The lowest BCUT2D eigenvalue weighted by atomic mass is 10.3. The second kappa shape index (κ2) is 6.51. The molecule has 0 bridgehead atoms. The van der Waals surface area contributed by atoms with Crippen molar-refractivity contribution >= 4 is 23.4 Å². The van der Waals surface area contributed by atoms with E-state index in [0.29, 0.717) is 5.25 Å². The third-order valence-corrected chi connectivity index (χ3v) is 3.93. The van der Waals surface area contributed by atoms with Gasteiger partial charge in [0.05, 0.1) is 5.69 Å². The normalized spacial score (nSPS) is 12.2. The largest absolute Gasteiger partial charge is 0.326 e. The first-order chi connectivity index (χ1) is 9.60. The second-order valence-electron chi connectivity index (χ2n) is 4.44. The molecule has 0 aliphatic heterocycles. The van der Waals surface area contributed by atoms with Crippen LogP contribution in [0.1, 0.15) is 27.2 Å². The van der Waals surface area contributed by atoms with Crippen LogP contribution in [0.5, 0.6) is 0 Å². The maximum absolute atomic E-state index is 11.1. The highest BCUT2D eigenvalue weighted by Gasteiger charge is 2.12. The van der Waals surface area contributed by atoms with Gasteiger partial charge in [0.2, 0.25) is 11.1 Å². The van der Waals surface area contributed by atoms with Crippen LogP contribution >= 0.6 is 11.8 Å². The minimum absolute atomic E-state index is 0.104. The molecule has 1 N–H and O–H groups in total. The number of amides is 1. The van der Waals surface area contributed by atoms with Crippen molar-refractivity contribution in [3.05, 3.63) is 24.3 Å². The molecule has 6 nitrogen and oxygen atoms in total. The van der Waals surface area contributed by atoms with Gasteiger partial charge in [-0.3, -0.25) is 4.79 Å². The van der Waals surface area contributed by atoms with E-state index in [1.165, 1.54) is 6.92 Å². The fourth-order valence-corrected chi connectivity index (χ4v) is 2.45. The summed E-state index contributed by atoms with van der Waals surface area (Å²) in [5, 5.41) is 15.7. The third-order valence-electron chi connectivity index (χ3n) is 2.73. The van der Waals surface area contributed by atoms with Crippen LogP contribution in [0.25, 0.3) is 5.69 Å². The molecule has 1 aromatic heterocycles. The Balaban J connectivity index is 2.27. The fraction of sp³-hybridized carbons (Fsp3) is 0.385. The predicted octanol–water partition coefficient (Wildman–Crippen LogP) is 2.51. The molecule has 0 saturated heterocycles. The Morgan fingerprint density at radius 1 is 1.50 bits per heavy atom. The first-order valence-corrected chi connectivity index (χ1v) is 7.31. The van der Waals surface area contributed by atoms with Gasteiger partial charge in [-0.1, -0.05) is 31.7 Å². The van der Waals surface area contributed by atoms with Gasteiger partial charge in [-0.05, 0) is 35.0 Å². The van der Waals surface area contributed by atoms with Crippen molar-refractivity contribution in [2.24, 2.45) is 0 Å². The van der Waals surface area contributed by atoms with Crippen molar-refractivity contribution in [2.45, 2.75) is 37.6 Å². The highest BCUT2D eigenvalue weighted by atomic mass is 32.2. The minimum atomic E-state index is -0.104.